The molecule has 36 heavy (non-hydrogen) atoms. The van der Waals surface area contributed by atoms with E-state index >= 15 is 0 Å². The zero-order valence-electron chi connectivity index (χ0n) is 21.1. The van der Waals surface area contributed by atoms with Gasteiger partial charge in [-0.05, 0) is 31.0 Å². The van der Waals surface area contributed by atoms with Gasteiger partial charge in [0.05, 0.1) is 18.2 Å². The monoisotopic (exact) mass is 536 g/mol. The van der Waals surface area contributed by atoms with Gasteiger partial charge in [-0.2, -0.15) is 0 Å². The van der Waals surface area contributed by atoms with E-state index in [1.165, 1.54) is 4.90 Å². The summed E-state index contributed by atoms with van der Waals surface area (Å²) in [6, 6.07) is 3.79. The number of esters is 1. The molecule has 1 N–H and O–H groups in total. The second kappa shape index (κ2) is 12.6. The first-order chi connectivity index (χ1) is 17.2. The molecule has 0 bridgehead atoms. The Hall–Kier alpha value is -2.55. The highest BCUT2D eigenvalue weighted by Crippen LogP contribution is 2.36. The Morgan fingerprint density at radius 3 is 2.61 bits per heavy atom. The minimum absolute atomic E-state index is 0.0651. The molecule has 1 aromatic carbocycles. The molecule has 2 aliphatic rings. The molecule has 2 aliphatic heterocycles. The molecule has 0 unspecified atom stereocenters. The minimum atomic E-state index is -0.802. The molecule has 0 aromatic heterocycles. The molecule has 10 heteroatoms. The fourth-order valence-corrected chi connectivity index (χ4v) is 5.06. The summed E-state index contributed by atoms with van der Waals surface area (Å²) in [4.78, 5) is 44.7. The number of hydrogen-bond acceptors (Lipinski definition) is 5. The average Bonchev–Trinajstić information content (AvgIpc) is 3.06. The number of nitrogens with one attached hydrogen (secondary N) is 1. The summed E-state index contributed by atoms with van der Waals surface area (Å²) in [6.45, 7) is 12.7. The van der Waals surface area contributed by atoms with Crippen molar-refractivity contribution in [3.05, 3.63) is 57.7 Å². The highest BCUT2D eigenvalue weighted by Gasteiger charge is 2.39. The number of nitrogens with zero attached hydrogens (tertiary/aromatic N) is 3. The first kappa shape index (κ1) is 28.0. The Labute approximate surface area is 222 Å². The molecule has 3 rings (SSSR count). The third-order valence-electron chi connectivity index (χ3n) is 6.29. The standard InChI is InChI=1S/C26H34Cl2N4O4/c1-5-10-32-21(16-30-11-7-12-31(14-13-30)24(33)17(3)4)22(25(34)36-6-2)23(29-26(32)35)19-9-8-18(27)15-20(19)28/h5,8-9,15,17,23H,1,6-7,10-14,16H2,2-4H3,(H,29,35)/t23-/m0/s1. The zero-order chi connectivity index (χ0) is 26.4. The van der Waals surface area contributed by atoms with E-state index in [2.05, 4.69) is 16.8 Å². The van der Waals surface area contributed by atoms with Gasteiger partial charge in [-0.25, -0.2) is 9.59 Å². The number of carbonyl (C=O) groups excluding carboxylic acids is 3. The van der Waals surface area contributed by atoms with Crippen molar-refractivity contribution in [1.82, 2.24) is 20.0 Å². The lowest BCUT2D eigenvalue weighted by Gasteiger charge is -2.38. The summed E-state index contributed by atoms with van der Waals surface area (Å²) in [7, 11) is 0. The quantitative estimate of drug-likeness (QED) is 0.396. The summed E-state index contributed by atoms with van der Waals surface area (Å²) in [6.07, 6.45) is 2.41. The minimum Gasteiger partial charge on any atom is -0.463 e. The van der Waals surface area contributed by atoms with E-state index < -0.39 is 12.0 Å². The highest BCUT2D eigenvalue weighted by atomic mass is 35.5. The van der Waals surface area contributed by atoms with E-state index in [0.717, 1.165) is 13.0 Å². The van der Waals surface area contributed by atoms with Crippen LogP contribution < -0.4 is 5.32 Å². The number of rotatable bonds is 8. The van der Waals surface area contributed by atoms with Gasteiger partial charge in [0.25, 0.3) is 0 Å². The van der Waals surface area contributed by atoms with Gasteiger partial charge in [0.1, 0.15) is 0 Å². The van der Waals surface area contributed by atoms with Gasteiger partial charge in [-0.1, -0.05) is 49.2 Å². The molecule has 196 valence electrons. The van der Waals surface area contributed by atoms with Crippen molar-refractivity contribution >= 4 is 41.1 Å². The second-order valence-corrected chi connectivity index (χ2v) is 9.98. The van der Waals surface area contributed by atoms with Crippen LogP contribution in [0.25, 0.3) is 0 Å². The van der Waals surface area contributed by atoms with Gasteiger partial charge < -0.3 is 15.0 Å². The summed E-state index contributed by atoms with van der Waals surface area (Å²) in [5, 5.41) is 3.70. The second-order valence-electron chi connectivity index (χ2n) is 9.14. The molecule has 2 heterocycles. The van der Waals surface area contributed by atoms with Crippen molar-refractivity contribution in [1.29, 1.82) is 0 Å². The number of halogens is 2. The number of carbonyl (C=O) groups is 3. The lowest BCUT2D eigenvalue weighted by atomic mass is 9.94. The summed E-state index contributed by atoms with van der Waals surface area (Å²) >= 11 is 12.6. The average molecular weight is 537 g/mol. The lowest BCUT2D eigenvalue weighted by molar-refractivity contribution is -0.139. The molecular weight excluding hydrogens is 503 g/mol. The van der Waals surface area contributed by atoms with E-state index in [1.54, 1.807) is 31.2 Å². The summed E-state index contributed by atoms with van der Waals surface area (Å²) in [5.74, 6) is -0.459. The molecule has 1 fully saturated rings. The van der Waals surface area contributed by atoms with E-state index in [0.29, 0.717) is 53.1 Å². The molecule has 1 atom stereocenters. The Morgan fingerprint density at radius 2 is 1.97 bits per heavy atom. The SMILES string of the molecule is C=CCN1C(=O)N[C@@H](c2ccc(Cl)cc2Cl)C(C(=O)OCC)=C1CN1CCCN(C(=O)C(C)C)CC1. The zero-order valence-corrected chi connectivity index (χ0v) is 22.6. The van der Waals surface area contributed by atoms with Crippen molar-refractivity contribution in [2.45, 2.75) is 33.2 Å². The number of urea groups is 1. The predicted octanol–water partition coefficient (Wildman–Crippen LogP) is 4.25. The maximum Gasteiger partial charge on any atom is 0.338 e. The van der Waals surface area contributed by atoms with Gasteiger partial charge in [-0.3, -0.25) is 14.6 Å². The molecule has 3 amide bonds. The Morgan fingerprint density at radius 1 is 1.22 bits per heavy atom. The van der Waals surface area contributed by atoms with Crippen LogP contribution in [0.2, 0.25) is 10.0 Å². The highest BCUT2D eigenvalue weighted by molar-refractivity contribution is 6.35. The number of amides is 3. The topological polar surface area (TPSA) is 82.2 Å². The van der Waals surface area contributed by atoms with Gasteiger partial charge >= 0.3 is 12.0 Å². The Bertz CT molecular complexity index is 1040. The fraction of sp³-hybridized carbons (Fsp3) is 0.500. The first-order valence-electron chi connectivity index (χ1n) is 12.2. The molecule has 0 spiro atoms. The molecule has 1 aromatic rings. The largest absolute Gasteiger partial charge is 0.463 e. The molecule has 0 saturated carbocycles. The summed E-state index contributed by atoms with van der Waals surface area (Å²) < 4.78 is 5.44. The molecule has 0 radical (unpaired) electrons. The van der Waals surface area contributed by atoms with Crippen molar-refractivity contribution in [2.75, 3.05) is 45.9 Å². The van der Waals surface area contributed by atoms with Crippen LogP contribution in [0.3, 0.4) is 0 Å². The summed E-state index contributed by atoms with van der Waals surface area (Å²) in [5.41, 5.74) is 1.41. The van der Waals surface area contributed by atoms with Crippen molar-refractivity contribution in [3.8, 4) is 0 Å². The Balaban J connectivity index is 2.03. The maximum atomic E-state index is 13.3. The van der Waals surface area contributed by atoms with Gasteiger partial charge in [0.15, 0.2) is 0 Å². The van der Waals surface area contributed by atoms with Crippen LogP contribution in [0.5, 0.6) is 0 Å². The first-order valence-corrected chi connectivity index (χ1v) is 13.0. The third-order valence-corrected chi connectivity index (χ3v) is 6.85. The molecule has 0 aliphatic carbocycles. The van der Waals surface area contributed by atoms with Crippen molar-refractivity contribution in [2.24, 2.45) is 5.92 Å². The van der Waals surface area contributed by atoms with Crippen LogP contribution in [-0.4, -0.2) is 78.5 Å². The molecule has 8 nitrogen and oxygen atoms in total. The van der Waals surface area contributed by atoms with Crippen LogP contribution in [0, 0.1) is 5.92 Å². The smallest absolute Gasteiger partial charge is 0.338 e. The van der Waals surface area contributed by atoms with E-state index in [4.69, 9.17) is 27.9 Å². The predicted molar refractivity (Wildman–Crippen MR) is 141 cm³/mol. The number of benzene rings is 1. The number of ether oxygens (including phenoxy) is 1. The normalized spacial score (nSPS) is 19.3. The van der Waals surface area contributed by atoms with Crippen LogP contribution in [0.4, 0.5) is 4.79 Å². The van der Waals surface area contributed by atoms with Crippen molar-refractivity contribution in [3.63, 3.8) is 0 Å². The number of hydrogen-bond donors (Lipinski definition) is 1. The van der Waals surface area contributed by atoms with Crippen LogP contribution in [0.15, 0.2) is 42.1 Å². The van der Waals surface area contributed by atoms with Crippen LogP contribution in [-0.2, 0) is 14.3 Å². The van der Waals surface area contributed by atoms with E-state index in [-0.39, 0.29) is 31.0 Å². The molecular formula is C26H34Cl2N4O4. The third kappa shape index (κ3) is 6.41. The van der Waals surface area contributed by atoms with Gasteiger partial charge in [0, 0.05) is 60.9 Å². The van der Waals surface area contributed by atoms with E-state index in [1.807, 2.05) is 18.7 Å². The van der Waals surface area contributed by atoms with Crippen molar-refractivity contribution < 1.29 is 19.1 Å². The Kier molecular flexibility index (Phi) is 9.82. The van der Waals surface area contributed by atoms with Crippen LogP contribution in [0.1, 0.15) is 38.8 Å². The lowest BCUT2D eigenvalue weighted by Crippen LogP contribution is -2.51. The fourth-order valence-electron chi connectivity index (χ4n) is 4.54. The molecule has 1 saturated heterocycles. The van der Waals surface area contributed by atoms with Gasteiger partial charge in [-0.15, -0.1) is 6.58 Å². The van der Waals surface area contributed by atoms with Gasteiger partial charge in [0.2, 0.25) is 5.91 Å². The maximum absolute atomic E-state index is 13.3. The van der Waals surface area contributed by atoms with Crippen LogP contribution >= 0.6 is 23.2 Å². The van der Waals surface area contributed by atoms with E-state index in [9.17, 15) is 14.4 Å².